The van der Waals surface area contributed by atoms with Crippen LogP contribution in [0.3, 0.4) is 0 Å². The number of unbranched alkanes of at least 4 members (excludes halogenated alkanes) is 1. The second kappa shape index (κ2) is 23.6. The van der Waals surface area contributed by atoms with E-state index < -0.39 is 145 Å². The summed E-state index contributed by atoms with van der Waals surface area (Å²) in [7, 11) is 0. The van der Waals surface area contributed by atoms with Gasteiger partial charge in [-0.1, -0.05) is 0 Å². The van der Waals surface area contributed by atoms with Gasteiger partial charge in [0.05, 0.1) is 13.2 Å². The highest BCUT2D eigenvalue weighted by Crippen LogP contribution is 2.35. The molecular weight excluding hydrogens is 816 g/mol. The Labute approximate surface area is 351 Å². The molecule has 61 heavy (non-hydrogen) atoms. The number of carbonyl (C=O) groups excluding carboxylic acids is 7. The number of fused-ring (bicyclic) bond motifs is 2. The molecule has 3 fully saturated rings. The number of rotatable bonds is 23. The molecule has 3 aliphatic rings. The molecule has 3 heterocycles. The lowest BCUT2D eigenvalue weighted by atomic mass is 9.95. The number of aliphatic hydroxyl groups is 3. The minimum absolute atomic E-state index is 0.0886. The van der Waals surface area contributed by atoms with Crippen molar-refractivity contribution in [3.05, 3.63) is 0 Å². The van der Waals surface area contributed by atoms with Crippen LogP contribution in [-0.4, -0.2) is 179 Å². The number of carboxylic acids is 1. The number of ether oxygens (including phenoxy) is 5. The second-order valence-electron chi connectivity index (χ2n) is 15.1. The smallest absolute Gasteiger partial charge is 0.325 e. The zero-order chi connectivity index (χ0) is 45.7. The molecule has 2 bridgehead atoms. The Morgan fingerprint density at radius 1 is 0.770 bits per heavy atom. The molecule has 0 aromatic carbocycles. The van der Waals surface area contributed by atoms with Gasteiger partial charge in [-0.2, -0.15) is 0 Å². The molecule has 0 spiro atoms. The van der Waals surface area contributed by atoms with Gasteiger partial charge in [-0.3, -0.25) is 38.4 Å². The molecular formula is C36H60N8O17. The molecule has 0 aromatic rings. The molecule has 25 heteroatoms. The molecule has 346 valence electrons. The number of hydrogen-bond acceptors (Lipinski definition) is 17. The number of nitrogens with one attached hydrogen (secondary N) is 6. The quantitative estimate of drug-likeness (QED) is 0.0425. The molecule has 15 unspecified atom stereocenters. The van der Waals surface area contributed by atoms with Gasteiger partial charge < -0.3 is 87.5 Å². The Kier molecular flexibility index (Phi) is 19.6. The molecule has 3 aliphatic heterocycles. The van der Waals surface area contributed by atoms with Gasteiger partial charge in [-0.25, -0.2) is 0 Å². The number of nitrogens with two attached hydrogens (primary N) is 2. The van der Waals surface area contributed by atoms with Crippen molar-refractivity contribution in [3.63, 3.8) is 0 Å². The van der Waals surface area contributed by atoms with Crippen molar-refractivity contribution in [2.75, 3.05) is 19.8 Å². The van der Waals surface area contributed by atoms with Crippen molar-refractivity contribution >= 4 is 47.3 Å². The highest BCUT2D eigenvalue weighted by molar-refractivity contribution is 5.93. The summed E-state index contributed by atoms with van der Waals surface area (Å²) in [5, 5.41) is 55.0. The van der Waals surface area contributed by atoms with Gasteiger partial charge in [0.25, 0.3) is 0 Å². The first kappa shape index (κ1) is 50.8. The summed E-state index contributed by atoms with van der Waals surface area (Å²) in [5.74, 6) is -6.61. The fourth-order valence-corrected chi connectivity index (χ4v) is 6.78. The molecule has 15 atom stereocenters. The lowest BCUT2D eigenvalue weighted by Crippen LogP contribution is -2.68. The molecule has 3 rings (SSSR count). The van der Waals surface area contributed by atoms with Crippen LogP contribution in [0, 0.1) is 0 Å². The lowest BCUT2D eigenvalue weighted by molar-refractivity contribution is -0.313. The van der Waals surface area contributed by atoms with Crippen LogP contribution in [0.4, 0.5) is 0 Å². The van der Waals surface area contributed by atoms with Gasteiger partial charge in [-0.05, 0) is 53.0 Å². The predicted octanol–water partition coefficient (Wildman–Crippen LogP) is -6.19. The van der Waals surface area contributed by atoms with Crippen LogP contribution in [0.2, 0.25) is 0 Å². The van der Waals surface area contributed by atoms with E-state index in [0.29, 0.717) is 19.4 Å². The number of aliphatic carboxylic acids is 1. The monoisotopic (exact) mass is 876 g/mol. The topological polar surface area (TPSA) is 388 Å². The zero-order valence-electron chi connectivity index (χ0n) is 34.6. The summed E-state index contributed by atoms with van der Waals surface area (Å²) >= 11 is 0. The summed E-state index contributed by atoms with van der Waals surface area (Å²) in [6.45, 7) is 5.74. The Morgan fingerprint density at radius 2 is 1.41 bits per heavy atom. The Balaban J connectivity index is 1.69. The molecule has 7 amide bonds. The lowest BCUT2D eigenvalue weighted by Gasteiger charge is -2.47. The van der Waals surface area contributed by atoms with Crippen molar-refractivity contribution in [2.45, 2.75) is 158 Å². The fourth-order valence-electron chi connectivity index (χ4n) is 6.78. The first-order valence-corrected chi connectivity index (χ1v) is 19.9. The first-order valence-electron chi connectivity index (χ1n) is 19.9. The second-order valence-corrected chi connectivity index (χ2v) is 15.1. The van der Waals surface area contributed by atoms with E-state index in [1.54, 1.807) is 0 Å². The van der Waals surface area contributed by atoms with Crippen LogP contribution >= 0.6 is 0 Å². The highest BCUT2D eigenvalue weighted by Gasteiger charge is 2.56. The number of carboxylic acid groups (broad SMARTS) is 1. The average Bonchev–Trinajstić information content (AvgIpc) is 3.63. The van der Waals surface area contributed by atoms with Gasteiger partial charge in [0, 0.05) is 20.3 Å². The number of carbonyl (C=O) groups is 8. The molecule has 3 saturated heterocycles. The highest BCUT2D eigenvalue weighted by atomic mass is 16.8. The van der Waals surface area contributed by atoms with E-state index in [1.165, 1.54) is 27.7 Å². The Morgan fingerprint density at radius 3 is 2.00 bits per heavy atom. The van der Waals surface area contributed by atoms with Crippen LogP contribution < -0.4 is 43.4 Å². The van der Waals surface area contributed by atoms with E-state index in [1.807, 2.05) is 0 Å². The molecule has 0 aliphatic carbocycles. The van der Waals surface area contributed by atoms with Crippen molar-refractivity contribution < 1.29 is 82.5 Å². The fraction of sp³-hybridized carbons (Fsp3) is 0.778. The summed E-state index contributed by atoms with van der Waals surface area (Å²) in [6.07, 6.45) is -11.6. The van der Waals surface area contributed by atoms with Gasteiger partial charge in [0.1, 0.15) is 79.0 Å². The van der Waals surface area contributed by atoms with Crippen LogP contribution in [0.15, 0.2) is 0 Å². The maximum atomic E-state index is 13.5. The molecule has 14 N–H and O–H groups in total. The van der Waals surface area contributed by atoms with E-state index in [4.69, 9.17) is 40.3 Å². The van der Waals surface area contributed by atoms with Gasteiger partial charge in [0.2, 0.25) is 41.4 Å². The predicted molar refractivity (Wildman–Crippen MR) is 205 cm³/mol. The Hall–Kier alpha value is -4.60. The zero-order valence-corrected chi connectivity index (χ0v) is 34.6. The summed E-state index contributed by atoms with van der Waals surface area (Å²) in [4.78, 5) is 100. The maximum absolute atomic E-state index is 13.5. The minimum Gasteiger partial charge on any atom is -0.480 e. The van der Waals surface area contributed by atoms with E-state index in [2.05, 4.69) is 31.9 Å². The number of primary amides is 1. The molecule has 0 radical (unpaired) electrons. The van der Waals surface area contributed by atoms with E-state index >= 15 is 0 Å². The molecule has 0 aromatic heterocycles. The van der Waals surface area contributed by atoms with E-state index in [0.717, 1.165) is 6.92 Å². The number of aliphatic hydroxyl groups excluding tert-OH is 3. The standard InChI is InChI=1S/C36H60N8O17/c1-14(31(52)44-19(30(38)51)9-10-23(48)43-20(8-6-7-11-37)33(54)40-15(2)34(55)56)39-32(53)16(3)58-29-25(42-18(5)47)35-57-13-22(60-35)28(29)61-36-24(41-17(4)46)27(50)26(49)21(12-45)59-36/h14-16,19-22,24-29,35-36,45,49-50H,6-13,37H2,1-5H3,(H2,38,51)(H,39,53)(H,40,54)(H,41,46)(H,42,47)(H,43,48)(H,44,52)(H,55,56). The van der Waals surface area contributed by atoms with E-state index in [9.17, 15) is 53.7 Å². The van der Waals surface area contributed by atoms with Crippen LogP contribution in [0.25, 0.3) is 0 Å². The Bertz CT molecular complexity index is 1580. The maximum Gasteiger partial charge on any atom is 0.325 e. The number of hydrogen-bond donors (Lipinski definition) is 12. The van der Waals surface area contributed by atoms with E-state index in [-0.39, 0.29) is 25.9 Å². The normalized spacial score (nSPS) is 29.4. The third-order valence-corrected chi connectivity index (χ3v) is 10.1. The van der Waals surface area contributed by atoms with Gasteiger partial charge >= 0.3 is 5.97 Å². The van der Waals surface area contributed by atoms with Crippen LogP contribution in [0.5, 0.6) is 0 Å². The SMILES string of the molecule is CC(=O)NC1C(OC2C3COC(O3)C(NC(C)=O)C2OC(C)C(=O)NC(C)C(=O)NC(CCC(=O)NC(CCCCN)C(=O)NC(C)C(=O)O)C(N)=O)OC(CO)C(O)C1O. The molecule has 25 nitrogen and oxygen atoms in total. The van der Waals surface area contributed by atoms with Crippen molar-refractivity contribution in [3.8, 4) is 0 Å². The van der Waals surface area contributed by atoms with Crippen molar-refractivity contribution in [2.24, 2.45) is 11.5 Å². The number of amides is 7. The molecule has 0 saturated carbocycles. The van der Waals surface area contributed by atoms with Gasteiger partial charge in [0.15, 0.2) is 12.6 Å². The largest absolute Gasteiger partial charge is 0.480 e. The first-order chi connectivity index (χ1) is 28.7. The van der Waals surface area contributed by atoms with Gasteiger partial charge in [-0.15, -0.1) is 0 Å². The van der Waals surface area contributed by atoms with Crippen molar-refractivity contribution in [1.82, 2.24) is 31.9 Å². The third kappa shape index (κ3) is 14.5. The average molecular weight is 877 g/mol. The van der Waals surface area contributed by atoms with Crippen LogP contribution in [-0.2, 0) is 62.0 Å². The summed E-state index contributed by atoms with van der Waals surface area (Å²) in [6, 6.07) is -7.52. The summed E-state index contributed by atoms with van der Waals surface area (Å²) < 4.78 is 29.7. The summed E-state index contributed by atoms with van der Waals surface area (Å²) in [5.41, 5.74) is 11.0. The van der Waals surface area contributed by atoms with Crippen LogP contribution in [0.1, 0.15) is 66.7 Å². The third-order valence-electron chi connectivity index (χ3n) is 10.1. The van der Waals surface area contributed by atoms with Crippen molar-refractivity contribution in [1.29, 1.82) is 0 Å². The minimum atomic E-state index is -1.66.